The molecule has 8 atom stereocenters. The molecule has 38 heavy (non-hydrogen) atoms. The van der Waals surface area contributed by atoms with Gasteiger partial charge in [0.2, 0.25) is 0 Å². The highest BCUT2D eigenvalue weighted by Gasteiger charge is 2.42. The maximum atomic E-state index is 11.3. The van der Waals surface area contributed by atoms with Gasteiger partial charge in [-0.25, -0.2) is 0 Å². The van der Waals surface area contributed by atoms with Gasteiger partial charge in [-0.3, -0.25) is 4.79 Å². The molecule has 1 saturated heterocycles. The minimum atomic E-state index is -0.498. The fourth-order valence-electron chi connectivity index (χ4n) is 6.43. The number of carbonyl (C=O) groups excluding carboxylic acids is 1. The lowest BCUT2D eigenvalue weighted by molar-refractivity contribution is -0.193. The Hall–Kier alpha value is -1.99. The van der Waals surface area contributed by atoms with Gasteiger partial charge in [0.25, 0.3) is 0 Å². The molecule has 3 unspecified atom stereocenters. The van der Waals surface area contributed by atoms with Crippen molar-refractivity contribution in [2.45, 2.75) is 101 Å². The zero-order chi connectivity index (χ0) is 26.7. The fourth-order valence-corrected chi connectivity index (χ4v) is 6.43. The number of aliphatic hydroxyl groups is 2. The molecule has 1 aromatic carbocycles. The molecule has 2 N–H and O–H groups in total. The molecule has 2 saturated carbocycles. The van der Waals surface area contributed by atoms with Crippen molar-refractivity contribution in [1.82, 2.24) is 0 Å². The van der Waals surface area contributed by atoms with Crippen LogP contribution in [-0.4, -0.2) is 54.5 Å². The standard InChI is InChI=1S/C32H46O6/c1-36-31(35)14-8-3-2-7-13-26-27(30(22-29(26)34)38-32-15-9-10-20-37-32)18-19-28(33)25-17-16-24(21-25)23-11-5-4-6-12-23/h2,4-7,11-12,18-19,24-30,32-34H,3,8-10,13-17,20-22H2,1H3/b7-2-,19-18+/t24?,25?,26-,27-,28-,29+,30-,32?/m1/s1. The minimum Gasteiger partial charge on any atom is -0.469 e. The molecule has 0 aromatic heterocycles. The summed E-state index contributed by atoms with van der Waals surface area (Å²) in [6.45, 7) is 0.723. The predicted molar refractivity (Wildman–Crippen MR) is 147 cm³/mol. The van der Waals surface area contributed by atoms with Gasteiger partial charge in [-0.2, -0.15) is 0 Å². The molecule has 1 aliphatic heterocycles. The number of allylic oxidation sites excluding steroid dienone is 2. The van der Waals surface area contributed by atoms with E-state index in [1.807, 2.05) is 12.1 Å². The van der Waals surface area contributed by atoms with E-state index in [2.05, 4.69) is 42.5 Å². The van der Waals surface area contributed by atoms with Gasteiger partial charge >= 0.3 is 5.97 Å². The molecule has 210 valence electrons. The molecule has 6 heteroatoms. The van der Waals surface area contributed by atoms with Crippen molar-refractivity contribution in [3.8, 4) is 0 Å². The Bertz CT molecular complexity index is 892. The summed E-state index contributed by atoms with van der Waals surface area (Å²) in [6, 6.07) is 10.6. The molecule has 3 aliphatic rings. The first-order valence-electron chi connectivity index (χ1n) is 14.6. The van der Waals surface area contributed by atoms with E-state index in [1.54, 1.807) is 0 Å². The first-order valence-corrected chi connectivity index (χ1v) is 14.6. The number of carbonyl (C=O) groups is 1. The number of esters is 1. The Morgan fingerprint density at radius 3 is 2.74 bits per heavy atom. The monoisotopic (exact) mass is 526 g/mol. The van der Waals surface area contributed by atoms with Crippen molar-refractivity contribution in [2.24, 2.45) is 17.8 Å². The summed E-state index contributed by atoms with van der Waals surface area (Å²) in [4.78, 5) is 11.3. The third kappa shape index (κ3) is 8.25. The van der Waals surface area contributed by atoms with Gasteiger partial charge in [0.05, 0.1) is 25.4 Å². The Morgan fingerprint density at radius 1 is 1.13 bits per heavy atom. The average Bonchev–Trinajstić information content (AvgIpc) is 3.55. The smallest absolute Gasteiger partial charge is 0.305 e. The predicted octanol–water partition coefficient (Wildman–Crippen LogP) is 5.69. The molecule has 0 amide bonds. The van der Waals surface area contributed by atoms with Gasteiger partial charge in [0.1, 0.15) is 0 Å². The second-order valence-electron chi connectivity index (χ2n) is 11.2. The zero-order valence-electron chi connectivity index (χ0n) is 22.8. The maximum Gasteiger partial charge on any atom is 0.305 e. The van der Waals surface area contributed by atoms with Crippen molar-refractivity contribution in [3.05, 3.63) is 60.2 Å². The second kappa shape index (κ2) is 15.0. The molecule has 3 fully saturated rings. The van der Waals surface area contributed by atoms with Crippen LogP contribution < -0.4 is 0 Å². The number of hydrogen-bond acceptors (Lipinski definition) is 6. The maximum absolute atomic E-state index is 11.3. The van der Waals surface area contributed by atoms with Crippen molar-refractivity contribution in [3.63, 3.8) is 0 Å². The summed E-state index contributed by atoms with van der Waals surface area (Å²) in [6.07, 6.45) is 16.4. The van der Waals surface area contributed by atoms with Crippen LogP contribution in [0.25, 0.3) is 0 Å². The number of hydrogen-bond donors (Lipinski definition) is 2. The highest BCUT2D eigenvalue weighted by molar-refractivity contribution is 5.69. The van der Waals surface area contributed by atoms with E-state index in [-0.39, 0.29) is 36.1 Å². The summed E-state index contributed by atoms with van der Waals surface area (Å²) >= 11 is 0. The van der Waals surface area contributed by atoms with E-state index in [1.165, 1.54) is 12.7 Å². The summed E-state index contributed by atoms with van der Waals surface area (Å²) in [5, 5.41) is 22.1. The first kappa shape index (κ1) is 29.0. The van der Waals surface area contributed by atoms with Crippen LogP contribution >= 0.6 is 0 Å². The highest BCUT2D eigenvalue weighted by Crippen LogP contribution is 2.42. The zero-order valence-corrected chi connectivity index (χ0v) is 22.8. The van der Waals surface area contributed by atoms with E-state index >= 15 is 0 Å². The highest BCUT2D eigenvalue weighted by atomic mass is 16.7. The van der Waals surface area contributed by atoms with Crippen LogP contribution in [0.5, 0.6) is 0 Å². The van der Waals surface area contributed by atoms with Gasteiger partial charge < -0.3 is 24.4 Å². The summed E-state index contributed by atoms with van der Waals surface area (Å²) in [5.74, 6) is 0.600. The molecule has 0 radical (unpaired) electrons. The topological polar surface area (TPSA) is 85.2 Å². The van der Waals surface area contributed by atoms with Gasteiger partial charge in [-0.15, -0.1) is 0 Å². The van der Waals surface area contributed by atoms with Crippen LogP contribution in [-0.2, 0) is 19.0 Å². The van der Waals surface area contributed by atoms with Crippen LogP contribution in [0.1, 0.15) is 82.1 Å². The Balaban J connectivity index is 1.37. The van der Waals surface area contributed by atoms with E-state index in [0.717, 1.165) is 64.4 Å². The van der Waals surface area contributed by atoms with Crippen LogP contribution in [0, 0.1) is 17.8 Å². The molecule has 1 aromatic rings. The molecule has 0 bridgehead atoms. The normalized spacial score (nSPS) is 32.8. The largest absolute Gasteiger partial charge is 0.469 e. The quantitative estimate of drug-likeness (QED) is 0.207. The molecular formula is C32H46O6. The molecular weight excluding hydrogens is 480 g/mol. The van der Waals surface area contributed by atoms with E-state index < -0.39 is 12.2 Å². The summed E-state index contributed by atoms with van der Waals surface area (Å²) in [5.41, 5.74) is 1.37. The van der Waals surface area contributed by atoms with Crippen LogP contribution in [0.4, 0.5) is 0 Å². The molecule has 1 heterocycles. The van der Waals surface area contributed by atoms with Crippen LogP contribution in [0.2, 0.25) is 0 Å². The van der Waals surface area contributed by atoms with E-state index in [4.69, 9.17) is 14.2 Å². The lowest BCUT2D eigenvalue weighted by Crippen LogP contribution is -2.31. The van der Waals surface area contributed by atoms with Gasteiger partial charge in [-0.1, -0.05) is 54.6 Å². The lowest BCUT2D eigenvalue weighted by Gasteiger charge is -2.29. The van der Waals surface area contributed by atoms with E-state index in [0.29, 0.717) is 18.8 Å². The SMILES string of the molecule is COC(=O)CCC/C=C\C[C@@H]1[C@@H](/C=C/[C@@H](O)C2CCC(c3ccccc3)C2)[C@H](OC2CCCCO2)C[C@@H]1O. The van der Waals surface area contributed by atoms with Crippen LogP contribution in [0.15, 0.2) is 54.6 Å². The van der Waals surface area contributed by atoms with Gasteiger partial charge in [0, 0.05) is 25.4 Å². The first-order chi connectivity index (χ1) is 18.5. The van der Waals surface area contributed by atoms with Crippen molar-refractivity contribution in [1.29, 1.82) is 0 Å². The number of rotatable bonds is 12. The van der Waals surface area contributed by atoms with Gasteiger partial charge in [0.15, 0.2) is 6.29 Å². The van der Waals surface area contributed by atoms with Gasteiger partial charge in [-0.05, 0) is 81.1 Å². The van der Waals surface area contributed by atoms with Crippen molar-refractivity contribution in [2.75, 3.05) is 13.7 Å². The lowest BCUT2D eigenvalue weighted by atomic mass is 9.88. The molecule has 2 aliphatic carbocycles. The number of unbranched alkanes of at least 4 members (excludes halogenated alkanes) is 1. The second-order valence-corrected chi connectivity index (χ2v) is 11.2. The van der Waals surface area contributed by atoms with Crippen molar-refractivity contribution < 1.29 is 29.2 Å². The number of aliphatic hydroxyl groups excluding tert-OH is 2. The fraction of sp³-hybridized carbons (Fsp3) is 0.656. The Morgan fingerprint density at radius 2 is 1.97 bits per heavy atom. The van der Waals surface area contributed by atoms with E-state index in [9.17, 15) is 15.0 Å². The average molecular weight is 527 g/mol. The van der Waals surface area contributed by atoms with Crippen LogP contribution in [0.3, 0.4) is 0 Å². The third-order valence-electron chi connectivity index (χ3n) is 8.67. The third-order valence-corrected chi connectivity index (χ3v) is 8.67. The number of ether oxygens (including phenoxy) is 3. The molecule has 4 rings (SSSR count). The molecule has 6 nitrogen and oxygen atoms in total. The number of methoxy groups -OCH3 is 1. The minimum absolute atomic E-state index is 0.0104. The summed E-state index contributed by atoms with van der Waals surface area (Å²) in [7, 11) is 1.41. The Labute approximate surface area is 228 Å². The Kier molecular flexibility index (Phi) is 11.4. The summed E-state index contributed by atoms with van der Waals surface area (Å²) < 4.78 is 16.9. The van der Waals surface area contributed by atoms with Crippen molar-refractivity contribution >= 4 is 5.97 Å². The molecule has 0 spiro atoms. The number of benzene rings is 1.